The maximum Gasteiger partial charge on any atom is 0.115 e. The van der Waals surface area contributed by atoms with Crippen molar-refractivity contribution in [3.05, 3.63) is 24.3 Å². The minimum atomic E-state index is 0.289. The Balaban J connectivity index is 2.41. The fourth-order valence-electron chi connectivity index (χ4n) is 0.955. The van der Waals surface area contributed by atoms with Gasteiger partial charge in [0.1, 0.15) is 5.75 Å². The van der Waals surface area contributed by atoms with E-state index < -0.39 is 0 Å². The summed E-state index contributed by atoms with van der Waals surface area (Å²) in [6.07, 6.45) is 0. The molecule has 1 unspecified atom stereocenters. The third kappa shape index (κ3) is 3.34. The summed E-state index contributed by atoms with van der Waals surface area (Å²) in [4.78, 5) is 0. The molecule has 0 saturated carbocycles. The van der Waals surface area contributed by atoms with Crippen LogP contribution < -0.4 is 11.1 Å². The van der Waals surface area contributed by atoms with E-state index >= 15 is 0 Å². The molecule has 1 rings (SSSR count). The van der Waals surface area contributed by atoms with Gasteiger partial charge in [0.05, 0.1) is 0 Å². The van der Waals surface area contributed by atoms with Gasteiger partial charge in [-0.05, 0) is 36.7 Å². The van der Waals surface area contributed by atoms with E-state index in [1.165, 1.54) is 0 Å². The van der Waals surface area contributed by atoms with Crippen LogP contribution in [-0.2, 0) is 0 Å². The summed E-state index contributed by atoms with van der Waals surface area (Å²) < 4.78 is 0. The lowest BCUT2D eigenvalue weighted by molar-refractivity contribution is 0.475. The average Bonchev–Trinajstić information content (AvgIpc) is 2.16. The molecule has 0 bridgehead atoms. The second-order valence-electron chi connectivity index (χ2n) is 3.27. The molecular weight excluding hydrogens is 164 g/mol. The van der Waals surface area contributed by atoms with Crippen molar-refractivity contribution in [2.45, 2.75) is 6.92 Å². The Bertz CT molecular complexity index is 246. The molecule has 3 heteroatoms. The zero-order chi connectivity index (χ0) is 9.68. The van der Waals surface area contributed by atoms with Crippen LogP contribution in [0.1, 0.15) is 6.92 Å². The van der Waals surface area contributed by atoms with Crippen LogP contribution in [0.5, 0.6) is 5.75 Å². The molecule has 0 saturated heterocycles. The van der Waals surface area contributed by atoms with Crippen LogP contribution in [0.4, 0.5) is 5.69 Å². The fraction of sp³-hybridized carbons (Fsp3) is 0.400. The van der Waals surface area contributed by atoms with Crippen molar-refractivity contribution < 1.29 is 5.11 Å². The standard InChI is InChI=1S/C10H16N2O/c1-8(6-11)7-12-9-2-4-10(13)5-3-9/h2-5,8,12-13H,6-7,11H2,1H3. The van der Waals surface area contributed by atoms with Crippen LogP contribution in [0.25, 0.3) is 0 Å². The number of rotatable bonds is 4. The molecule has 0 aliphatic heterocycles. The molecule has 0 aliphatic rings. The molecular formula is C10H16N2O. The first-order chi connectivity index (χ1) is 6.22. The number of anilines is 1. The van der Waals surface area contributed by atoms with Crippen molar-refractivity contribution in [1.29, 1.82) is 0 Å². The summed E-state index contributed by atoms with van der Waals surface area (Å²) in [7, 11) is 0. The highest BCUT2D eigenvalue weighted by Gasteiger charge is 1.98. The summed E-state index contributed by atoms with van der Waals surface area (Å²) in [5.74, 6) is 0.756. The first-order valence-electron chi connectivity index (χ1n) is 4.45. The Morgan fingerprint density at radius 3 is 2.54 bits per heavy atom. The van der Waals surface area contributed by atoms with Crippen molar-refractivity contribution in [3.8, 4) is 5.75 Å². The molecule has 72 valence electrons. The summed E-state index contributed by atoms with van der Waals surface area (Å²) in [6.45, 7) is 3.64. The van der Waals surface area contributed by atoms with E-state index in [-0.39, 0.29) is 5.75 Å². The molecule has 0 heterocycles. The highest BCUT2D eigenvalue weighted by molar-refractivity contribution is 5.45. The van der Waals surface area contributed by atoms with Crippen LogP contribution in [0, 0.1) is 5.92 Å². The van der Waals surface area contributed by atoms with E-state index in [9.17, 15) is 0 Å². The Hall–Kier alpha value is -1.22. The van der Waals surface area contributed by atoms with Crippen molar-refractivity contribution >= 4 is 5.69 Å². The maximum absolute atomic E-state index is 9.03. The van der Waals surface area contributed by atoms with Crippen LogP contribution in [0.15, 0.2) is 24.3 Å². The van der Waals surface area contributed by atoms with E-state index in [1.807, 2.05) is 12.1 Å². The van der Waals surface area contributed by atoms with Crippen molar-refractivity contribution in [1.82, 2.24) is 0 Å². The Labute approximate surface area is 78.6 Å². The van der Waals surface area contributed by atoms with Gasteiger partial charge in [-0.1, -0.05) is 6.92 Å². The minimum Gasteiger partial charge on any atom is -0.508 e. The minimum absolute atomic E-state index is 0.289. The van der Waals surface area contributed by atoms with E-state index in [4.69, 9.17) is 10.8 Å². The molecule has 1 atom stereocenters. The SMILES string of the molecule is CC(CN)CNc1ccc(O)cc1. The first kappa shape index (κ1) is 9.86. The third-order valence-corrected chi connectivity index (χ3v) is 1.92. The Morgan fingerprint density at radius 1 is 1.38 bits per heavy atom. The molecule has 1 aromatic rings. The summed E-state index contributed by atoms with van der Waals surface area (Å²) in [5, 5.41) is 12.3. The fourth-order valence-corrected chi connectivity index (χ4v) is 0.955. The van der Waals surface area contributed by atoms with Gasteiger partial charge in [-0.2, -0.15) is 0 Å². The highest BCUT2D eigenvalue weighted by atomic mass is 16.3. The molecule has 0 aliphatic carbocycles. The monoisotopic (exact) mass is 180 g/mol. The lowest BCUT2D eigenvalue weighted by atomic mass is 10.2. The maximum atomic E-state index is 9.03. The topological polar surface area (TPSA) is 58.3 Å². The van der Waals surface area contributed by atoms with Gasteiger partial charge in [0.15, 0.2) is 0 Å². The van der Waals surface area contributed by atoms with Gasteiger partial charge in [-0.25, -0.2) is 0 Å². The Morgan fingerprint density at radius 2 is 2.00 bits per heavy atom. The number of phenolic OH excluding ortho intramolecular Hbond substituents is 1. The molecule has 0 fully saturated rings. The number of hydrogen-bond donors (Lipinski definition) is 3. The zero-order valence-corrected chi connectivity index (χ0v) is 7.83. The second kappa shape index (κ2) is 4.72. The largest absolute Gasteiger partial charge is 0.508 e. The average molecular weight is 180 g/mol. The normalized spacial score (nSPS) is 12.5. The number of aromatic hydroxyl groups is 1. The van der Waals surface area contributed by atoms with E-state index in [2.05, 4.69) is 12.2 Å². The quantitative estimate of drug-likeness (QED) is 0.614. The molecule has 0 amide bonds. The summed E-state index contributed by atoms with van der Waals surface area (Å²) in [6, 6.07) is 7.02. The zero-order valence-electron chi connectivity index (χ0n) is 7.83. The van der Waals surface area contributed by atoms with Crippen molar-refractivity contribution in [3.63, 3.8) is 0 Å². The van der Waals surface area contributed by atoms with Crippen molar-refractivity contribution in [2.75, 3.05) is 18.4 Å². The molecule has 0 aromatic heterocycles. The second-order valence-corrected chi connectivity index (χ2v) is 3.27. The number of nitrogens with two attached hydrogens (primary N) is 1. The van der Waals surface area contributed by atoms with Gasteiger partial charge in [0.2, 0.25) is 0 Å². The van der Waals surface area contributed by atoms with Gasteiger partial charge in [0, 0.05) is 12.2 Å². The van der Waals surface area contributed by atoms with Gasteiger partial charge in [-0.15, -0.1) is 0 Å². The predicted molar refractivity (Wildman–Crippen MR) is 54.8 cm³/mol. The lowest BCUT2D eigenvalue weighted by Crippen LogP contribution is -2.19. The van der Waals surface area contributed by atoms with Crippen molar-refractivity contribution in [2.24, 2.45) is 11.7 Å². The lowest BCUT2D eigenvalue weighted by Gasteiger charge is -2.10. The van der Waals surface area contributed by atoms with Crippen LogP contribution >= 0.6 is 0 Å². The summed E-state index contributed by atoms with van der Waals surface area (Å²) >= 11 is 0. The molecule has 0 radical (unpaired) electrons. The van der Waals surface area contributed by atoms with Gasteiger partial charge < -0.3 is 16.2 Å². The van der Waals surface area contributed by atoms with Crippen LogP contribution in [0.3, 0.4) is 0 Å². The van der Waals surface area contributed by atoms with Gasteiger partial charge in [-0.3, -0.25) is 0 Å². The number of nitrogens with one attached hydrogen (secondary N) is 1. The molecule has 13 heavy (non-hydrogen) atoms. The van der Waals surface area contributed by atoms with Crippen LogP contribution in [-0.4, -0.2) is 18.2 Å². The van der Waals surface area contributed by atoms with Gasteiger partial charge in [0.25, 0.3) is 0 Å². The molecule has 0 spiro atoms. The first-order valence-corrected chi connectivity index (χ1v) is 4.45. The smallest absolute Gasteiger partial charge is 0.115 e. The molecule has 4 N–H and O–H groups in total. The number of hydrogen-bond acceptors (Lipinski definition) is 3. The van der Waals surface area contributed by atoms with Crippen LogP contribution in [0.2, 0.25) is 0 Å². The van der Waals surface area contributed by atoms with Gasteiger partial charge >= 0.3 is 0 Å². The molecule has 3 nitrogen and oxygen atoms in total. The van der Waals surface area contributed by atoms with E-state index in [0.29, 0.717) is 12.5 Å². The summed E-state index contributed by atoms with van der Waals surface area (Å²) in [5.41, 5.74) is 6.49. The van der Waals surface area contributed by atoms with E-state index in [1.54, 1.807) is 12.1 Å². The Kier molecular flexibility index (Phi) is 3.58. The number of benzene rings is 1. The van der Waals surface area contributed by atoms with E-state index in [0.717, 1.165) is 12.2 Å². The predicted octanol–water partition coefficient (Wildman–Crippen LogP) is 1.40. The highest BCUT2D eigenvalue weighted by Crippen LogP contribution is 2.13. The number of phenols is 1. The molecule has 1 aromatic carbocycles. The third-order valence-electron chi connectivity index (χ3n) is 1.92.